The van der Waals surface area contributed by atoms with E-state index in [2.05, 4.69) is 31.2 Å². The number of methoxy groups -OCH3 is 1. The molecular formula is C24H40O3. The van der Waals surface area contributed by atoms with Crippen LogP contribution in [0.15, 0.2) is 36.5 Å². The highest BCUT2D eigenvalue weighted by molar-refractivity contribution is 5.73. The average Bonchev–Trinajstić information content (AvgIpc) is 3.50. The molecule has 0 aromatic heterocycles. The molecule has 0 amide bonds. The van der Waals surface area contributed by atoms with E-state index in [-0.39, 0.29) is 18.0 Å². The maximum atomic E-state index is 11.7. The van der Waals surface area contributed by atoms with E-state index in [0.717, 1.165) is 38.5 Å². The van der Waals surface area contributed by atoms with Gasteiger partial charge < -0.3 is 9.84 Å². The average molecular weight is 377 g/mol. The molecule has 0 heterocycles. The van der Waals surface area contributed by atoms with Crippen molar-refractivity contribution in [2.45, 2.75) is 90.1 Å². The van der Waals surface area contributed by atoms with Crippen molar-refractivity contribution >= 4 is 5.97 Å². The summed E-state index contributed by atoms with van der Waals surface area (Å²) in [6.07, 6.45) is 25.3. The molecule has 1 N–H and O–H groups in total. The van der Waals surface area contributed by atoms with Crippen LogP contribution in [0.25, 0.3) is 0 Å². The highest BCUT2D eigenvalue weighted by Gasteiger charge is 2.36. The second-order valence-corrected chi connectivity index (χ2v) is 7.65. The Bertz CT molecular complexity index is 460. The Labute approximate surface area is 166 Å². The molecule has 0 aromatic carbocycles. The molecule has 0 aromatic rings. The lowest BCUT2D eigenvalue weighted by Gasteiger charge is -2.11. The van der Waals surface area contributed by atoms with Gasteiger partial charge in [-0.3, -0.25) is 4.79 Å². The van der Waals surface area contributed by atoms with Crippen molar-refractivity contribution < 1.29 is 14.6 Å². The van der Waals surface area contributed by atoms with E-state index in [1.807, 2.05) is 12.2 Å². The number of aliphatic hydroxyl groups is 1. The number of allylic oxidation sites excluding steroid dienone is 5. The minimum absolute atomic E-state index is 0.0512. The van der Waals surface area contributed by atoms with Crippen LogP contribution in [-0.4, -0.2) is 24.3 Å². The van der Waals surface area contributed by atoms with Gasteiger partial charge in [-0.15, -0.1) is 0 Å². The number of hydrogen-bond acceptors (Lipinski definition) is 3. The molecule has 27 heavy (non-hydrogen) atoms. The number of carbonyl (C=O) groups is 1. The van der Waals surface area contributed by atoms with E-state index in [9.17, 15) is 9.90 Å². The molecule has 154 valence electrons. The van der Waals surface area contributed by atoms with Crippen molar-refractivity contribution in [1.29, 1.82) is 0 Å². The summed E-state index contributed by atoms with van der Waals surface area (Å²) in [5.41, 5.74) is 0. The second-order valence-electron chi connectivity index (χ2n) is 7.65. The van der Waals surface area contributed by atoms with Crippen LogP contribution in [0.1, 0.15) is 84.0 Å². The SMILES string of the molecule is CCCCC/C=C\CCC[C@H](O)/C=C\C/C=C\CCC(C(=O)OC)C1CC1. The Hall–Kier alpha value is -1.35. The third kappa shape index (κ3) is 12.6. The van der Waals surface area contributed by atoms with Crippen molar-refractivity contribution in [3.05, 3.63) is 36.5 Å². The molecule has 3 nitrogen and oxygen atoms in total. The molecular weight excluding hydrogens is 336 g/mol. The molecule has 1 aliphatic rings. The normalized spacial score (nSPS) is 17.1. The fraction of sp³-hybridized carbons (Fsp3) is 0.708. The quantitative estimate of drug-likeness (QED) is 0.200. The Kier molecular flexibility index (Phi) is 13.8. The standard InChI is InChI=1S/C24H40O3/c1-3-4-5-6-7-8-10-13-16-22(25)17-14-11-9-12-15-18-23(21-19-20-21)24(26)27-2/h7-9,12,14,17,21-23,25H,3-6,10-11,13,15-16,18-20H2,1-2H3/b8-7-,12-9-,17-14-/t22-,23?/m0/s1. The molecule has 0 spiro atoms. The van der Waals surface area contributed by atoms with Crippen LogP contribution < -0.4 is 0 Å². The first-order chi connectivity index (χ1) is 13.2. The van der Waals surface area contributed by atoms with Gasteiger partial charge in [0.15, 0.2) is 0 Å². The topological polar surface area (TPSA) is 46.5 Å². The fourth-order valence-corrected chi connectivity index (χ4v) is 3.29. The summed E-state index contributed by atoms with van der Waals surface area (Å²) < 4.78 is 4.90. The first-order valence-electron chi connectivity index (χ1n) is 10.9. The molecule has 0 aliphatic heterocycles. The maximum Gasteiger partial charge on any atom is 0.308 e. The third-order valence-electron chi connectivity index (χ3n) is 5.15. The van der Waals surface area contributed by atoms with Crippen LogP contribution in [0.2, 0.25) is 0 Å². The van der Waals surface area contributed by atoms with E-state index in [1.54, 1.807) is 0 Å². The molecule has 3 heteroatoms. The molecule has 0 saturated heterocycles. The van der Waals surface area contributed by atoms with Crippen LogP contribution in [0, 0.1) is 11.8 Å². The summed E-state index contributed by atoms with van der Waals surface area (Å²) in [4.78, 5) is 11.7. The van der Waals surface area contributed by atoms with Gasteiger partial charge in [-0.2, -0.15) is 0 Å². The highest BCUT2D eigenvalue weighted by atomic mass is 16.5. The Morgan fingerprint density at radius 1 is 1.00 bits per heavy atom. The lowest BCUT2D eigenvalue weighted by molar-refractivity contribution is -0.146. The monoisotopic (exact) mass is 376 g/mol. The molecule has 1 rings (SSSR count). The number of carbonyl (C=O) groups excluding carboxylic acids is 1. The predicted octanol–water partition coefficient (Wildman–Crippen LogP) is 6.14. The highest BCUT2D eigenvalue weighted by Crippen LogP contribution is 2.39. The Morgan fingerprint density at radius 2 is 1.70 bits per heavy atom. The largest absolute Gasteiger partial charge is 0.469 e. The summed E-state index contributed by atoms with van der Waals surface area (Å²) in [6.45, 7) is 2.23. The van der Waals surface area contributed by atoms with E-state index < -0.39 is 0 Å². The van der Waals surface area contributed by atoms with Crippen LogP contribution in [0.5, 0.6) is 0 Å². The molecule has 1 aliphatic carbocycles. The van der Waals surface area contributed by atoms with E-state index >= 15 is 0 Å². The number of esters is 1. The van der Waals surface area contributed by atoms with E-state index in [4.69, 9.17) is 4.74 Å². The van der Waals surface area contributed by atoms with Gasteiger partial charge in [0.1, 0.15) is 0 Å². The zero-order valence-electron chi connectivity index (χ0n) is 17.4. The summed E-state index contributed by atoms with van der Waals surface area (Å²) in [7, 11) is 1.48. The number of unbranched alkanes of at least 4 members (excludes halogenated alkanes) is 4. The number of aliphatic hydroxyl groups excluding tert-OH is 1. The minimum Gasteiger partial charge on any atom is -0.469 e. The van der Waals surface area contributed by atoms with Crippen LogP contribution >= 0.6 is 0 Å². The van der Waals surface area contributed by atoms with Gasteiger partial charge in [-0.1, -0.05) is 56.2 Å². The van der Waals surface area contributed by atoms with Gasteiger partial charge in [0.05, 0.1) is 19.1 Å². The van der Waals surface area contributed by atoms with Crippen molar-refractivity contribution in [2.75, 3.05) is 7.11 Å². The first kappa shape index (κ1) is 23.7. The summed E-state index contributed by atoms with van der Waals surface area (Å²) >= 11 is 0. The molecule has 2 atom stereocenters. The number of hydrogen-bond donors (Lipinski definition) is 1. The smallest absolute Gasteiger partial charge is 0.308 e. The fourth-order valence-electron chi connectivity index (χ4n) is 3.29. The summed E-state index contributed by atoms with van der Waals surface area (Å²) in [6, 6.07) is 0. The molecule has 0 radical (unpaired) electrons. The lowest BCUT2D eigenvalue weighted by atomic mass is 9.98. The zero-order valence-corrected chi connectivity index (χ0v) is 17.4. The maximum absolute atomic E-state index is 11.7. The van der Waals surface area contributed by atoms with Gasteiger partial charge in [-0.25, -0.2) is 0 Å². The van der Waals surface area contributed by atoms with Crippen molar-refractivity contribution in [3.63, 3.8) is 0 Å². The van der Waals surface area contributed by atoms with Crippen LogP contribution in [0.4, 0.5) is 0 Å². The van der Waals surface area contributed by atoms with Gasteiger partial charge in [0.2, 0.25) is 0 Å². The Morgan fingerprint density at radius 3 is 2.37 bits per heavy atom. The summed E-state index contributed by atoms with van der Waals surface area (Å²) in [5, 5.41) is 9.97. The second kappa shape index (κ2) is 15.7. The predicted molar refractivity (Wildman–Crippen MR) is 114 cm³/mol. The minimum atomic E-state index is -0.342. The van der Waals surface area contributed by atoms with E-state index in [1.165, 1.54) is 45.6 Å². The van der Waals surface area contributed by atoms with Crippen LogP contribution in [-0.2, 0) is 9.53 Å². The molecule has 1 saturated carbocycles. The Balaban J connectivity index is 2.03. The number of ether oxygens (including phenoxy) is 1. The van der Waals surface area contributed by atoms with Gasteiger partial charge in [0, 0.05) is 0 Å². The molecule has 1 unspecified atom stereocenters. The van der Waals surface area contributed by atoms with Crippen molar-refractivity contribution in [2.24, 2.45) is 11.8 Å². The van der Waals surface area contributed by atoms with Crippen molar-refractivity contribution in [3.8, 4) is 0 Å². The summed E-state index contributed by atoms with van der Waals surface area (Å²) in [5.74, 6) is 0.578. The van der Waals surface area contributed by atoms with Crippen molar-refractivity contribution in [1.82, 2.24) is 0 Å². The third-order valence-corrected chi connectivity index (χ3v) is 5.15. The van der Waals surface area contributed by atoms with Crippen LogP contribution in [0.3, 0.4) is 0 Å². The first-order valence-corrected chi connectivity index (χ1v) is 10.9. The molecule has 0 bridgehead atoms. The zero-order chi connectivity index (χ0) is 19.7. The number of rotatable bonds is 16. The van der Waals surface area contributed by atoms with Gasteiger partial charge in [0.25, 0.3) is 0 Å². The molecule has 1 fully saturated rings. The lowest BCUT2D eigenvalue weighted by Crippen LogP contribution is -2.17. The van der Waals surface area contributed by atoms with Gasteiger partial charge in [-0.05, 0) is 70.1 Å². The van der Waals surface area contributed by atoms with Gasteiger partial charge >= 0.3 is 5.97 Å². The van der Waals surface area contributed by atoms with E-state index in [0.29, 0.717) is 5.92 Å².